The topological polar surface area (TPSA) is 44.8 Å². The van der Waals surface area contributed by atoms with E-state index >= 15 is 0 Å². The van der Waals surface area contributed by atoms with Crippen LogP contribution in [0.1, 0.15) is 73.1 Å². The van der Waals surface area contributed by atoms with Gasteiger partial charge in [0.25, 0.3) is 0 Å². The Labute approximate surface area is 157 Å². The predicted molar refractivity (Wildman–Crippen MR) is 102 cm³/mol. The fraction of sp³-hybridized carbons (Fsp3) is 0.750. The lowest BCUT2D eigenvalue weighted by atomic mass is 9.97. The smallest absolute Gasteiger partial charge is 0.302 e. The molecule has 0 radical (unpaired) electrons. The van der Waals surface area contributed by atoms with E-state index in [0.29, 0.717) is 13.0 Å². The Morgan fingerprint density at radius 2 is 1.92 bits per heavy atom. The minimum absolute atomic E-state index is 0.0584. The van der Waals surface area contributed by atoms with Gasteiger partial charge in [-0.05, 0) is 31.3 Å². The van der Waals surface area contributed by atoms with Crippen LogP contribution in [0.15, 0.2) is 22.8 Å². The summed E-state index contributed by atoms with van der Waals surface area (Å²) in [5.41, 5.74) is 1.13. The van der Waals surface area contributed by atoms with Crippen LogP contribution < -0.4 is 0 Å². The second-order valence-electron chi connectivity index (χ2n) is 6.13. The molecule has 1 saturated heterocycles. The molecule has 0 N–H and O–H groups in total. The van der Waals surface area contributed by atoms with Crippen LogP contribution in [0, 0.1) is 0 Å². The molecule has 0 amide bonds. The van der Waals surface area contributed by atoms with Crippen LogP contribution in [-0.2, 0) is 19.0 Å². The molecule has 0 bridgehead atoms. The molecular weight excluding hydrogens is 340 g/mol. The molecular formula is C20H33ClO4. The largest absolute Gasteiger partial charge is 0.466 e. The Kier molecular flexibility index (Phi) is 9.77. The first-order chi connectivity index (χ1) is 12.0. The highest BCUT2D eigenvalue weighted by Gasteiger charge is 2.45. The lowest BCUT2D eigenvalue weighted by Gasteiger charge is -2.25. The fourth-order valence-corrected chi connectivity index (χ4v) is 3.38. The molecule has 0 saturated carbocycles. The summed E-state index contributed by atoms with van der Waals surface area (Å²) >= 11 is 6.36. The Balaban J connectivity index is 0.00000151. The van der Waals surface area contributed by atoms with Gasteiger partial charge in [-0.25, -0.2) is 0 Å². The van der Waals surface area contributed by atoms with Gasteiger partial charge in [0.05, 0.1) is 18.8 Å². The zero-order valence-electron chi connectivity index (χ0n) is 16.3. The van der Waals surface area contributed by atoms with Crippen molar-refractivity contribution < 1.29 is 19.0 Å². The first-order valence-electron chi connectivity index (χ1n) is 9.52. The first kappa shape index (κ1) is 22.2. The second-order valence-corrected chi connectivity index (χ2v) is 6.59. The molecule has 1 aliphatic heterocycles. The van der Waals surface area contributed by atoms with Gasteiger partial charge in [-0.15, -0.1) is 0 Å². The first-order valence-corrected chi connectivity index (χ1v) is 9.90. The van der Waals surface area contributed by atoms with Gasteiger partial charge in [0, 0.05) is 24.8 Å². The van der Waals surface area contributed by atoms with Crippen LogP contribution in [0.5, 0.6) is 0 Å². The highest BCUT2D eigenvalue weighted by atomic mass is 35.5. The van der Waals surface area contributed by atoms with Gasteiger partial charge in [0.2, 0.25) is 0 Å². The minimum Gasteiger partial charge on any atom is -0.466 e. The maximum Gasteiger partial charge on any atom is 0.302 e. The molecule has 2 atom stereocenters. The molecule has 2 aliphatic rings. The predicted octanol–water partition coefficient (Wildman–Crippen LogP) is 5.50. The van der Waals surface area contributed by atoms with Gasteiger partial charge in [-0.2, -0.15) is 0 Å². The lowest BCUT2D eigenvalue weighted by molar-refractivity contribution is -0.180. The molecule has 0 aromatic heterocycles. The van der Waals surface area contributed by atoms with Crippen LogP contribution in [-0.4, -0.2) is 30.6 Å². The molecule has 144 valence electrons. The van der Waals surface area contributed by atoms with Crippen molar-refractivity contribution in [2.75, 3.05) is 6.61 Å². The Morgan fingerprint density at radius 3 is 2.48 bits per heavy atom. The van der Waals surface area contributed by atoms with Crippen LogP contribution >= 0.6 is 11.6 Å². The monoisotopic (exact) mass is 372 g/mol. The number of hydrogen-bond donors (Lipinski definition) is 0. The number of rotatable bonds is 7. The molecule has 0 spiro atoms. The van der Waals surface area contributed by atoms with Gasteiger partial charge in [-0.1, -0.05) is 51.4 Å². The quantitative estimate of drug-likeness (QED) is 0.553. The van der Waals surface area contributed by atoms with Crippen molar-refractivity contribution >= 4 is 17.6 Å². The highest BCUT2D eigenvalue weighted by Crippen LogP contribution is 2.39. The van der Waals surface area contributed by atoms with E-state index in [4.69, 9.17) is 25.8 Å². The third kappa shape index (κ3) is 6.43. The van der Waals surface area contributed by atoms with Gasteiger partial charge >= 0.3 is 5.97 Å². The molecule has 2 unspecified atom stereocenters. The standard InChI is InChI=1S/C18H27ClO4.C2H6/c1-4-18(5-2)22-16(10-11-21-13(3)20)17(23-18)12-14-8-6-7-9-15(14)19;1-2/h6,8,16-17H,4-5,7,9-12H2,1-3H3;1-2H3. The van der Waals surface area contributed by atoms with E-state index in [-0.39, 0.29) is 18.2 Å². The number of allylic oxidation sites excluding steroid dienone is 3. The average molecular weight is 373 g/mol. The van der Waals surface area contributed by atoms with Crippen LogP contribution in [0.4, 0.5) is 0 Å². The van der Waals surface area contributed by atoms with E-state index in [1.54, 1.807) is 0 Å². The van der Waals surface area contributed by atoms with Crippen molar-refractivity contribution in [2.45, 2.75) is 91.1 Å². The number of hydrogen-bond acceptors (Lipinski definition) is 4. The van der Waals surface area contributed by atoms with Crippen molar-refractivity contribution in [3.05, 3.63) is 22.8 Å². The third-order valence-corrected chi connectivity index (χ3v) is 4.98. The molecule has 4 nitrogen and oxygen atoms in total. The van der Waals surface area contributed by atoms with Crippen LogP contribution in [0.2, 0.25) is 0 Å². The molecule has 2 rings (SSSR count). The summed E-state index contributed by atoms with van der Waals surface area (Å²) in [5, 5.41) is 0.917. The Bertz CT molecular complexity index is 480. The Hall–Kier alpha value is -0.840. The molecule has 1 heterocycles. The van der Waals surface area contributed by atoms with Gasteiger partial charge in [0.1, 0.15) is 0 Å². The van der Waals surface area contributed by atoms with E-state index in [0.717, 1.165) is 42.7 Å². The Morgan fingerprint density at radius 1 is 1.28 bits per heavy atom. The third-order valence-electron chi connectivity index (χ3n) is 4.55. The van der Waals surface area contributed by atoms with E-state index in [9.17, 15) is 4.79 Å². The summed E-state index contributed by atoms with van der Waals surface area (Å²) in [4.78, 5) is 11.0. The molecule has 1 fully saturated rings. The van der Waals surface area contributed by atoms with Gasteiger partial charge < -0.3 is 14.2 Å². The molecule has 5 heteroatoms. The second kappa shape index (κ2) is 11.0. The number of esters is 1. The minimum atomic E-state index is -0.531. The summed E-state index contributed by atoms with van der Waals surface area (Å²) in [5.74, 6) is -0.796. The zero-order valence-corrected chi connectivity index (χ0v) is 17.0. The maximum atomic E-state index is 11.0. The summed E-state index contributed by atoms with van der Waals surface area (Å²) in [7, 11) is 0. The summed E-state index contributed by atoms with van der Waals surface area (Å²) in [6.45, 7) is 9.92. The van der Waals surface area contributed by atoms with Crippen LogP contribution in [0.3, 0.4) is 0 Å². The van der Waals surface area contributed by atoms with Gasteiger partial charge in [0.15, 0.2) is 5.79 Å². The molecule has 0 aromatic rings. The fourth-order valence-electron chi connectivity index (χ4n) is 3.13. The summed E-state index contributed by atoms with van der Waals surface area (Å²) in [6.07, 6.45) is 8.97. The number of halogens is 1. The number of ether oxygens (including phenoxy) is 3. The normalized spacial score (nSPS) is 24.7. The average Bonchev–Trinajstić information content (AvgIpc) is 2.97. The van der Waals surface area contributed by atoms with E-state index in [1.807, 2.05) is 13.8 Å². The molecule has 0 aromatic carbocycles. The SMILES string of the molecule is CC.CCC1(CC)OC(CCOC(C)=O)C(CC2=C(Cl)CCC=C2)O1. The lowest BCUT2D eigenvalue weighted by Crippen LogP contribution is -2.29. The van der Waals surface area contributed by atoms with Crippen molar-refractivity contribution in [3.63, 3.8) is 0 Å². The molecule has 25 heavy (non-hydrogen) atoms. The van der Waals surface area contributed by atoms with E-state index < -0.39 is 5.79 Å². The van der Waals surface area contributed by atoms with Crippen molar-refractivity contribution in [1.29, 1.82) is 0 Å². The summed E-state index contributed by atoms with van der Waals surface area (Å²) < 4.78 is 17.6. The molecule has 1 aliphatic carbocycles. The van der Waals surface area contributed by atoms with Crippen molar-refractivity contribution in [1.82, 2.24) is 0 Å². The van der Waals surface area contributed by atoms with E-state index in [2.05, 4.69) is 26.0 Å². The van der Waals surface area contributed by atoms with E-state index in [1.165, 1.54) is 6.92 Å². The zero-order chi connectivity index (χ0) is 18.9. The van der Waals surface area contributed by atoms with Crippen LogP contribution in [0.25, 0.3) is 0 Å². The maximum absolute atomic E-state index is 11.0. The van der Waals surface area contributed by atoms with Gasteiger partial charge in [-0.3, -0.25) is 4.79 Å². The highest BCUT2D eigenvalue weighted by molar-refractivity contribution is 6.30. The van der Waals surface area contributed by atoms with Crippen molar-refractivity contribution in [2.24, 2.45) is 0 Å². The number of carbonyl (C=O) groups is 1. The van der Waals surface area contributed by atoms with Crippen molar-refractivity contribution in [3.8, 4) is 0 Å². The summed E-state index contributed by atoms with van der Waals surface area (Å²) in [6, 6.07) is 0. The number of carbonyl (C=O) groups excluding carboxylic acids is 1.